The number of para-hydroxylation sites is 4. The molecule has 14 rings (SSSR count). The van der Waals surface area contributed by atoms with Crippen molar-refractivity contribution in [1.82, 2.24) is 19.6 Å². The minimum atomic E-state index is -0.762. The lowest BCUT2D eigenvalue weighted by molar-refractivity contribution is -0.137. The smallest absolute Gasteiger partial charge is 0.303 e. The van der Waals surface area contributed by atoms with Crippen molar-refractivity contribution in [3.8, 4) is 55.7 Å². The van der Waals surface area contributed by atoms with Crippen molar-refractivity contribution in [2.45, 2.75) is 175 Å². The molecule has 0 saturated heterocycles. The Morgan fingerprint density at radius 2 is 0.674 bits per heavy atom. The molecule has 3 aromatic heterocycles. The second-order valence-corrected chi connectivity index (χ2v) is 37.6. The Kier molecular flexibility index (Phi) is 47.4. The van der Waals surface area contributed by atoms with Gasteiger partial charge >= 0.3 is 5.97 Å². The maximum absolute atomic E-state index is 13.7. The van der Waals surface area contributed by atoms with E-state index in [9.17, 15) is 38.4 Å². The molecule has 21 nitrogen and oxygen atoms in total. The van der Waals surface area contributed by atoms with Gasteiger partial charge in [0.05, 0.1) is 39.0 Å². The monoisotopic (exact) mass is 2040 g/mol. The van der Waals surface area contributed by atoms with Crippen LogP contribution in [-0.2, 0) is 65.0 Å². The highest BCUT2D eigenvalue weighted by Crippen LogP contribution is 2.33. The number of aliphatic carboxylic acids is 1. The number of nitrogens with zero attached hydrogens (tertiary/aromatic N) is 4. The van der Waals surface area contributed by atoms with Crippen molar-refractivity contribution in [3.63, 3.8) is 0 Å². The molecule has 3 heterocycles. The molecule has 0 aliphatic heterocycles. The predicted molar refractivity (Wildman–Crippen MR) is 573 cm³/mol. The number of amides is 4. The Morgan fingerprint density at radius 1 is 0.333 bits per heavy atom. The van der Waals surface area contributed by atoms with Gasteiger partial charge in [0.1, 0.15) is 42.8 Å². The highest BCUT2D eigenvalue weighted by Gasteiger charge is 2.26. The summed E-state index contributed by atoms with van der Waals surface area (Å²) < 4.78 is 30.4. The molecule has 144 heavy (non-hydrogen) atoms. The highest BCUT2D eigenvalue weighted by atomic mass is 79.9. The van der Waals surface area contributed by atoms with E-state index in [0.29, 0.717) is 120 Å². The normalized spacial score (nSPS) is 11.0. The molecule has 0 bridgehead atoms. The van der Waals surface area contributed by atoms with Gasteiger partial charge in [-0.15, -0.1) is 11.3 Å². The van der Waals surface area contributed by atoms with Crippen LogP contribution < -0.4 is 18.9 Å². The number of hydrogen-bond donors (Lipinski definition) is 4. The molecule has 0 aliphatic rings. The molecular weight excluding hydrogens is 1910 g/mol. The van der Waals surface area contributed by atoms with Crippen LogP contribution in [0.1, 0.15) is 203 Å². The molecule has 11 aromatic carbocycles. The summed E-state index contributed by atoms with van der Waals surface area (Å²) in [5.74, 6) is 1.78. The summed E-state index contributed by atoms with van der Waals surface area (Å²) in [4.78, 5) is 107. The fourth-order valence-electron chi connectivity index (χ4n) is 15.9. The van der Waals surface area contributed by atoms with Crippen LogP contribution in [0, 0.1) is 0 Å². The van der Waals surface area contributed by atoms with E-state index in [1.165, 1.54) is 4.88 Å². The first-order valence-corrected chi connectivity index (χ1v) is 51.8. The van der Waals surface area contributed by atoms with Gasteiger partial charge in [0, 0.05) is 137 Å². The zero-order valence-electron chi connectivity index (χ0n) is 81.9. The molecular formula is C120H129BrN4O17S2. The summed E-state index contributed by atoms with van der Waals surface area (Å²) >= 11 is 6.75. The fourth-order valence-corrected chi connectivity index (χ4v) is 17.5. The molecule has 0 saturated carbocycles. The van der Waals surface area contributed by atoms with Gasteiger partial charge in [-0.2, -0.15) is 11.3 Å². The standard InChI is InChI=1S/C32H33NO5.2C32H33NO4S.C24H30BrNO4/c34-23-30(35)12-5-2-8-19-38-31-13-7-6-11-28(31)22-33(21-25-9-3-1-4-10-25)32(36)27-16-14-26(15-17-27)29-18-20-37-24-29;34-24-29(35)13-5-2-8-20-37-30-14-7-6-12-28(30)23-33(22-25-10-3-1-4-11-25)32(36)27-18-16-26(17-19-27)31-15-9-21-38-31;34-23-30(35)12-5-2-8-19-37-31-13-7-6-11-28(31)22-33(21-25-9-3-1-4-10-25)32(36)27-16-14-26(15-17-27)29-18-20-38-24-29;1-3-18(2)26(24(29)19-12-14-21(25)15-13-19)17-20-9-6-7-10-22(20)30-16-8-4-5-11-23(27)28/h1,3-4,6-7,9-11,13-18,20,24,34H,2,5,8,12,19,21-23H2;1,3-4,6-7,9-12,14-19,21,34H,2,5,8,13,20,22-24H2;1,3-4,6-7,9-11,13-18,20,24,34H,2,5,8,12,19,21-23H2;6-7,9-10,12-15,18H,3-5,8,11,16-17H2,1-2H3,(H,27,28). The lowest BCUT2D eigenvalue weighted by Gasteiger charge is -2.29. The summed E-state index contributed by atoms with van der Waals surface area (Å²) in [6.45, 7) is 8.22. The Bertz CT molecular complexity index is 5690. The van der Waals surface area contributed by atoms with Gasteiger partial charge in [0.25, 0.3) is 23.6 Å². The quantitative estimate of drug-likeness (QED) is 0.0258. The van der Waals surface area contributed by atoms with E-state index in [2.05, 4.69) is 47.3 Å². The average molecular weight is 2040 g/mol. The number of carbonyl (C=O) groups excluding carboxylic acids is 7. The van der Waals surface area contributed by atoms with Crippen LogP contribution in [0.2, 0.25) is 0 Å². The number of thiophene rings is 2. The Balaban J connectivity index is 0.000000184. The van der Waals surface area contributed by atoms with Gasteiger partial charge in [-0.25, -0.2) is 0 Å². The predicted octanol–water partition coefficient (Wildman–Crippen LogP) is 25.7. The summed E-state index contributed by atoms with van der Waals surface area (Å²) in [5.41, 5.74) is 14.8. The van der Waals surface area contributed by atoms with Crippen LogP contribution in [0.5, 0.6) is 23.0 Å². The van der Waals surface area contributed by atoms with Gasteiger partial charge in [0.15, 0.2) is 17.3 Å². The van der Waals surface area contributed by atoms with E-state index >= 15 is 0 Å². The third-order valence-corrected chi connectivity index (χ3v) is 26.2. The van der Waals surface area contributed by atoms with Gasteiger partial charge in [-0.1, -0.05) is 229 Å². The molecule has 0 radical (unpaired) electrons. The summed E-state index contributed by atoms with van der Waals surface area (Å²) in [5, 5.41) is 41.4. The Morgan fingerprint density at radius 3 is 1.01 bits per heavy atom. The van der Waals surface area contributed by atoms with Crippen molar-refractivity contribution in [1.29, 1.82) is 0 Å². The maximum atomic E-state index is 13.7. The van der Waals surface area contributed by atoms with E-state index < -0.39 is 12.6 Å². The van der Waals surface area contributed by atoms with E-state index in [1.54, 1.807) is 35.2 Å². The van der Waals surface area contributed by atoms with Crippen molar-refractivity contribution < 1.29 is 82.1 Å². The number of carboxylic acids is 1. The van der Waals surface area contributed by atoms with Gasteiger partial charge in [0.2, 0.25) is 0 Å². The molecule has 4 amide bonds. The number of aliphatic hydroxyl groups is 3. The van der Waals surface area contributed by atoms with Crippen LogP contribution in [0.3, 0.4) is 0 Å². The number of aliphatic hydroxyl groups excluding tert-OH is 3. The third kappa shape index (κ3) is 37.4. The number of carboxylic acid groups (broad SMARTS) is 1. The Labute approximate surface area is 861 Å². The van der Waals surface area contributed by atoms with E-state index in [1.807, 2.05) is 328 Å². The van der Waals surface area contributed by atoms with Gasteiger partial charge in [-0.3, -0.25) is 38.4 Å². The number of benzene rings is 11. The average Bonchev–Trinajstić information content (AvgIpc) is 1.43. The fraction of sp³-hybridized carbons (Fsp3) is 0.283. The number of hydrogen-bond acceptors (Lipinski definition) is 18. The third-order valence-electron chi connectivity index (χ3n) is 24.1. The molecule has 1 atom stereocenters. The number of rotatable bonds is 54. The lowest BCUT2D eigenvalue weighted by Crippen LogP contribution is -2.37. The Hall–Kier alpha value is -14.0. The first-order valence-electron chi connectivity index (χ1n) is 49.2. The number of ether oxygens (including phenoxy) is 4. The van der Waals surface area contributed by atoms with E-state index in [0.717, 1.165) is 171 Å². The molecule has 750 valence electrons. The molecule has 0 fully saturated rings. The van der Waals surface area contributed by atoms with Crippen molar-refractivity contribution in [2.75, 3.05) is 46.2 Å². The zero-order valence-corrected chi connectivity index (χ0v) is 85.1. The van der Waals surface area contributed by atoms with Crippen LogP contribution in [0.25, 0.3) is 32.7 Å². The number of halogens is 1. The van der Waals surface area contributed by atoms with Crippen molar-refractivity contribution >= 4 is 85.6 Å². The topological polar surface area (TPSA) is 280 Å². The summed E-state index contributed by atoms with van der Waals surface area (Å²) in [6, 6.07) is 100. The number of unbranched alkanes of at least 4 members (excludes halogenated alkanes) is 8. The molecule has 4 N–H and O–H groups in total. The van der Waals surface area contributed by atoms with Crippen molar-refractivity contribution in [3.05, 3.63) is 404 Å². The van der Waals surface area contributed by atoms with Crippen molar-refractivity contribution in [2.24, 2.45) is 0 Å². The number of furan rings is 1. The van der Waals surface area contributed by atoms with Gasteiger partial charge < -0.3 is 63.4 Å². The number of carbonyl (C=O) groups is 8. The highest BCUT2D eigenvalue weighted by molar-refractivity contribution is 9.10. The zero-order chi connectivity index (χ0) is 102. The minimum absolute atomic E-state index is 0.000300. The molecule has 24 heteroatoms. The minimum Gasteiger partial charge on any atom is -0.493 e. The van der Waals surface area contributed by atoms with Crippen LogP contribution in [0.15, 0.2) is 347 Å². The SMILES string of the molecule is CCC(C)N(Cc1ccccc1OCCCCCC(=O)O)C(=O)c1ccc(Br)cc1.O=C(CO)CCCCCOc1ccccc1CN(Cc1ccccc1)C(=O)c1ccc(-c2cccs2)cc1.O=C(CO)CCCCCOc1ccccc1CN(Cc1ccccc1)C(=O)c1ccc(-c2ccoc2)cc1.O=C(CO)CCCCCOc1ccccc1CN(Cc1ccccc1)C(=O)c1ccc(-c2ccsc2)cc1. The second kappa shape index (κ2) is 61.8. The second-order valence-electron chi connectivity index (χ2n) is 34.9. The molecule has 0 aliphatic carbocycles. The van der Waals surface area contributed by atoms with Crippen LogP contribution in [0.4, 0.5) is 0 Å². The number of Topliss-reactive ketones (excluding diaryl/α,β-unsaturated/α-hetero) is 3. The van der Waals surface area contributed by atoms with Crippen LogP contribution in [-0.4, -0.2) is 139 Å². The molecule has 14 aromatic rings. The summed E-state index contributed by atoms with van der Waals surface area (Å²) in [7, 11) is 0. The van der Waals surface area contributed by atoms with Gasteiger partial charge in [-0.05, 0) is 249 Å². The van der Waals surface area contributed by atoms with E-state index in [4.69, 9.17) is 43.8 Å². The first kappa shape index (κ1) is 110. The molecule has 1 unspecified atom stereocenters. The van der Waals surface area contributed by atoms with E-state index in [-0.39, 0.29) is 66.7 Å². The first-order chi connectivity index (χ1) is 70.3. The molecule has 0 spiro atoms. The largest absolute Gasteiger partial charge is 0.493 e. The van der Waals surface area contributed by atoms with Crippen LogP contribution >= 0.6 is 38.6 Å². The summed E-state index contributed by atoms with van der Waals surface area (Å²) in [6.07, 6.45) is 15.1. The lowest BCUT2D eigenvalue weighted by atomic mass is 10.1. The maximum Gasteiger partial charge on any atom is 0.303 e. The number of ketones is 3.